The SMILES string of the molecule is CCCCCCC(CCC(C)=O)C(=O)C(O)CCC. The van der Waals surface area contributed by atoms with E-state index in [1.807, 2.05) is 6.92 Å². The second kappa shape index (κ2) is 11.2. The first kappa shape index (κ1) is 18.3. The lowest BCUT2D eigenvalue weighted by Crippen LogP contribution is -2.28. The number of Topliss-reactive ketones (excluding diaryl/α,β-unsaturated/α-hetero) is 2. The summed E-state index contributed by atoms with van der Waals surface area (Å²) in [5.41, 5.74) is 0. The smallest absolute Gasteiger partial charge is 0.164 e. The minimum absolute atomic E-state index is 0.0559. The fourth-order valence-corrected chi connectivity index (χ4v) is 2.31. The van der Waals surface area contributed by atoms with Crippen molar-refractivity contribution in [2.75, 3.05) is 0 Å². The van der Waals surface area contributed by atoms with Gasteiger partial charge in [0.25, 0.3) is 0 Å². The van der Waals surface area contributed by atoms with Crippen LogP contribution in [0.5, 0.6) is 0 Å². The van der Waals surface area contributed by atoms with Crippen LogP contribution in [0.15, 0.2) is 0 Å². The Labute approximate surface area is 117 Å². The molecule has 0 bridgehead atoms. The number of aliphatic hydroxyl groups is 1. The molecule has 3 nitrogen and oxygen atoms in total. The first-order chi connectivity index (χ1) is 9.02. The number of aliphatic hydroxyl groups excluding tert-OH is 1. The summed E-state index contributed by atoms with van der Waals surface area (Å²) < 4.78 is 0. The minimum atomic E-state index is -0.840. The highest BCUT2D eigenvalue weighted by Gasteiger charge is 2.24. The number of hydrogen-bond donors (Lipinski definition) is 1. The molecule has 19 heavy (non-hydrogen) atoms. The van der Waals surface area contributed by atoms with E-state index in [9.17, 15) is 14.7 Å². The molecule has 0 spiro atoms. The second-order valence-electron chi connectivity index (χ2n) is 5.49. The van der Waals surface area contributed by atoms with Crippen molar-refractivity contribution in [2.24, 2.45) is 5.92 Å². The molecule has 0 aliphatic rings. The van der Waals surface area contributed by atoms with Crippen molar-refractivity contribution in [3.8, 4) is 0 Å². The van der Waals surface area contributed by atoms with Crippen LogP contribution in [0.2, 0.25) is 0 Å². The lowest BCUT2D eigenvalue weighted by atomic mass is 9.88. The van der Waals surface area contributed by atoms with Crippen LogP contribution >= 0.6 is 0 Å². The first-order valence-electron chi connectivity index (χ1n) is 7.74. The van der Waals surface area contributed by atoms with Gasteiger partial charge < -0.3 is 9.90 Å². The number of hydrogen-bond acceptors (Lipinski definition) is 3. The average molecular weight is 270 g/mol. The van der Waals surface area contributed by atoms with Gasteiger partial charge in [0.2, 0.25) is 0 Å². The third-order valence-electron chi connectivity index (χ3n) is 3.54. The summed E-state index contributed by atoms with van der Waals surface area (Å²) in [4.78, 5) is 23.2. The number of rotatable bonds is 12. The van der Waals surface area contributed by atoms with Gasteiger partial charge in [0.15, 0.2) is 5.78 Å². The zero-order valence-electron chi connectivity index (χ0n) is 12.8. The van der Waals surface area contributed by atoms with Crippen LogP contribution in [0, 0.1) is 5.92 Å². The van der Waals surface area contributed by atoms with Crippen molar-refractivity contribution >= 4 is 11.6 Å². The molecule has 0 fully saturated rings. The van der Waals surface area contributed by atoms with Crippen LogP contribution < -0.4 is 0 Å². The molecule has 3 heteroatoms. The Morgan fingerprint density at radius 1 is 0.947 bits per heavy atom. The fraction of sp³-hybridized carbons (Fsp3) is 0.875. The maximum Gasteiger partial charge on any atom is 0.164 e. The van der Waals surface area contributed by atoms with Gasteiger partial charge in [0, 0.05) is 12.3 Å². The Morgan fingerprint density at radius 2 is 1.63 bits per heavy atom. The Morgan fingerprint density at radius 3 is 2.16 bits per heavy atom. The third-order valence-corrected chi connectivity index (χ3v) is 3.54. The second-order valence-corrected chi connectivity index (χ2v) is 5.49. The zero-order chi connectivity index (χ0) is 14.7. The summed E-state index contributed by atoms with van der Waals surface area (Å²) in [5, 5.41) is 9.82. The van der Waals surface area contributed by atoms with E-state index in [-0.39, 0.29) is 17.5 Å². The van der Waals surface area contributed by atoms with Gasteiger partial charge in [-0.05, 0) is 26.2 Å². The standard InChI is InChI=1S/C16H30O3/c1-4-6-7-8-10-14(12-11-13(3)17)16(19)15(18)9-5-2/h14-15,18H,4-12H2,1-3H3. The van der Waals surface area contributed by atoms with Crippen molar-refractivity contribution in [2.45, 2.75) is 84.7 Å². The maximum absolute atomic E-state index is 12.1. The van der Waals surface area contributed by atoms with Crippen LogP contribution in [0.25, 0.3) is 0 Å². The number of unbranched alkanes of at least 4 members (excludes halogenated alkanes) is 3. The molecular weight excluding hydrogens is 240 g/mol. The van der Waals surface area contributed by atoms with Crippen LogP contribution in [-0.2, 0) is 9.59 Å². The molecule has 0 aromatic heterocycles. The van der Waals surface area contributed by atoms with E-state index < -0.39 is 6.10 Å². The predicted molar refractivity (Wildman–Crippen MR) is 78.1 cm³/mol. The summed E-state index contributed by atoms with van der Waals surface area (Å²) in [5.74, 6) is -0.0711. The maximum atomic E-state index is 12.1. The quantitative estimate of drug-likeness (QED) is 0.550. The third kappa shape index (κ3) is 8.93. The zero-order valence-corrected chi connectivity index (χ0v) is 12.8. The van der Waals surface area contributed by atoms with E-state index in [0.717, 1.165) is 25.7 Å². The molecular formula is C16H30O3. The lowest BCUT2D eigenvalue weighted by molar-refractivity contribution is -0.132. The Balaban J connectivity index is 4.29. The molecule has 0 rings (SSSR count). The van der Waals surface area contributed by atoms with E-state index >= 15 is 0 Å². The van der Waals surface area contributed by atoms with Gasteiger partial charge >= 0.3 is 0 Å². The Kier molecular flexibility index (Phi) is 10.7. The highest BCUT2D eigenvalue weighted by molar-refractivity contribution is 5.85. The summed E-state index contributed by atoms with van der Waals surface area (Å²) in [6.07, 6.45) is 6.86. The van der Waals surface area contributed by atoms with Crippen LogP contribution in [0.4, 0.5) is 0 Å². The minimum Gasteiger partial charge on any atom is -0.385 e. The summed E-state index contributed by atoms with van der Waals surface area (Å²) >= 11 is 0. The topological polar surface area (TPSA) is 54.4 Å². The molecule has 0 saturated carbocycles. The molecule has 1 N–H and O–H groups in total. The largest absolute Gasteiger partial charge is 0.385 e. The first-order valence-corrected chi connectivity index (χ1v) is 7.74. The van der Waals surface area contributed by atoms with Crippen molar-refractivity contribution < 1.29 is 14.7 Å². The lowest BCUT2D eigenvalue weighted by Gasteiger charge is -2.18. The van der Waals surface area contributed by atoms with E-state index in [1.165, 1.54) is 12.8 Å². The molecule has 0 heterocycles. The van der Waals surface area contributed by atoms with Crippen LogP contribution in [0.3, 0.4) is 0 Å². The van der Waals surface area contributed by atoms with Crippen molar-refractivity contribution in [3.05, 3.63) is 0 Å². The van der Waals surface area contributed by atoms with Gasteiger partial charge in [-0.15, -0.1) is 0 Å². The molecule has 0 aromatic carbocycles. The van der Waals surface area contributed by atoms with E-state index in [1.54, 1.807) is 6.92 Å². The van der Waals surface area contributed by atoms with Gasteiger partial charge in [-0.1, -0.05) is 46.0 Å². The summed E-state index contributed by atoms with van der Waals surface area (Å²) in [6, 6.07) is 0. The molecule has 0 aromatic rings. The van der Waals surface area contributed by atoms with Crippen LogP contribution in [-0.4, -0.2) is 22.8 Å². The number of carbonyl (C=O) groups excluding carboxylic acids is 2. The van der Waals surface area contributed by atoms with Crippen molar-refractivity contribution in [3.63, 3.8) is 0 Å². The molecule has 112 valence electrons. The highest BCUT2D eigenvalue weighted by Crippen LogP contribution is 2.20. The van der Waals surface area contributed by atoms with Crippen LogP contribution in [0.1, 0.15) is 78.6 Å². The molecule has 0 radical (unpaired) electrons. The van der Waals surface area contributed by atoms with Gasteiger partial charge in [-0.25, -0.2) is 0 Å². The number of ketones is 2. The van der Waals surface area contributed by atoms with Crippen molar-refractivity contribution in [1.82, 2.24) is 0 Å². The normalized spacial score (nSPS) is 14.1. The monoisotopic (exact) mass is 270 g/mol. The molecule has 0 aliphatic heterocycles. The average Bonchev–Trinajstić information content (AvgIpc) is 2.37. The fourth-order valence-electron chi connectivity index (χ4n) is 2.31. The van der Waals surface area contributed by atoms with Gasteiger partial charge in [0.1, 0.15) is 11.9 Å². The summed E-state index contributed by atoms with van der Waals surface area (Å²) in [6.45, 7) is 5.67. The number of carbonyl (C=O) groups is 2. The van der Waals surface area contributed by atoms with E-state index in [2.05, 4.69) is 6.92 Å². The molecule has 0 aliphatic carbocycles. The highest BCUT2D eigenvalue weighted by atomic mass is 16.3. The van der Waals surface area contributed by atoms with Gasteiger partial charge in [-0.3, -0.25) is 4.79 Å². The molecule has 0 amide bonds. The van der Waals surface area contributed by atoms with E-state index in [4.69, 9.17) is 0 Å². The van der Waals surface area contributed by atoms with Gasteiger partial charge in [-0.2, -0.15) is 0 Å². The Hall–Kier alpha value is -0.700. The van der Waals surface area contributed by atoms with E-state index in [0.29, 0.717) is 19.3 Å². The predicted octanol–water partition coefficient (Wildman–Crippen LogP) is 3.67. The molecule has 0 saturated heterocycles. The van der Waals surface area contributed by atoms with Crippen molar-refractivity contribution in [1.29, 1.82) is 0 Å². The Bertz CT molecular complexity index is 261. The molecule has 2 unspecified atom stereocenters. The molecule has 2 atom stereocenters. The summed E-state index contributed by atoms with van der Waals surface area (Å²) in [7, 11) is 0. The van der Waals surface area contributed by atoms with Gasteiger partial charge in [0.05, 0.1) is 0 Å².